The second kappa shape index (κ2) is 7.13. The molecule has 0 aliphatic heterocycles. The van der Waals surface area contributed by atoms with Gasteiger partial charge in [0.05, 0.1) is 17.5 Å². The number of carboxylic acids is 1. The van der Waals surface area contributed by atoms with Crippen molar-refractivity contribution in [3.05, 3.63) is 40.2 Å². The molecule has 0 radical (unpaired) electrons. The molecule has 0 atom stereocenters. The van der Waals surface area contributed by atoms with E-state index in [-0.39, 0.29) is 30.2 Å². The molecule has 0 spiro atoms. The summed E-state index contributed by atoms with van der Waals surface area (Å²) in [6, 6.07) is 0. The Balaban J connectivity index is 2.16. The fourth-order valence-corrected chi connectivity index (χ4v) is 2.47. The van der Waals surface area contributed by atoms with Crippen molar-refractivity contribution in [2.24, 2.45) is 0 Å². The molecule has 7 nitrogen and oxygen atoms in total. The van der Waals surface area contributed by atoms with E-state index < -0.39 is 5.97 Å². The van der Waals surface area contributed by atoms with Gasteiger partial charge in [0.15, 0.2) is 0 Å². The zero-order chi connectivity index (χ0) is 17.0. The van der Waals surface area contributed by atoms with Crippen LogP contribution in [0.3, 0.4) is 0 Å². The summed E-state index contributed by atoms with van der Waals surface area (Å²) in [6.45, 7) is 5.91. The van der Waals surface area contributed by atoms with Gasteiger partial charge in [-0.05, 0) is 13.3 Å². The minimum absolute atomic E-state index is 0.157. The maximum atomic E-state index is 12.4. The van der Waals surface area contributed by atoms with E-state index >= 15 is 0 Å². The number of aliphatic carboxylic acids is 1. The van der Waals surface area contributed by atoms with E-state index in [9.17, 15) is 9.59 Å². The van der Waals surface area contributed by atoms with Crippen molar-refractivity contribution >= 4 is 11.9 Å². The number of hydrogen-bond donors (Lipinski definition) is 2. The Morgan fingerprint density at radius 2 is 2.00 bits per heavy atom. The molecule has 0 saturated heterocycles. The molecule has 0 bridgehead atoms. The lowest BCUT2D eigenvalue weighted by Gasteiger charge is -2.07. The van der Waals surface area contributed by atoms with Crippen LogP contribution in [0.4, 0.5) is 0 Å². The highest BCUT2D eigenvalue weighted by molar-refractivity contribution is 5.97. The van der Waals surface area contributed by atoms with E-state index in [1.54, 1.807) is 6.92 Å². The second-order valence-corrected chi connectivity index (χ2v) is 5.21. The smallest absolute Gasteiger partial charge is 0.311 e. The van der Waals surface area contributed by atoms with Crippen molar-refractivity contribution in [2.75, 3.05) is 0 Å². The van der Waals surface area contributed by atoms with Gasteiger partial charge in [0.2, 0.25) is 0 Å². The van der Waals surface area contributed by atoms with Crippen LogP contribution in [0.25, 0.3) is 0 Å². The van der Waals surface area contributed by atoms with Crippen LogP contribution >= 0.6 is 0 Å². The lowest BCUT2D eigenvalue weighted by Crippen LogP contribution is -2.25. The monoisotopic (exact) mass is 320 g/mol. The molecule has 23 heavy (non-hydrogen) atoms. The Morgan fingerprint density at radius 1 is 1.26 bits per heavy atom. The Kier molecular flexibility index (Phi) is 5.20. The van der Waals surface area contributed by atoms with E-state index in [4.69, 9.17) is 14.0 Å². The number of rotatable bonds is 7. The zero-order valence-corrected chi connectivity index (χ0v) is 13.4. The SMILES string of the molecule is CCc1noc(CC)c1CNC(=O)c1c(C)coc1CC(=O)O. The summed E-state index contributed by atoms with van der Waals surface area (Å²) in [5, 5.41) is 15.7. The summed E-state index contributed by atoms with van der Waals surface area (Å²) in [5.74, 6) is -0.507. The molecule has 124 valence electrons. The highest BCUT2D eigenvalue weighted by atomic mass is 16.5. The fraction of sp³-hybridized carbons (Fsp3) is 0.438. The number of carbonyl (C=O) groups is 2. The first-order valence-electron chi connectivity index (χ1n) is 7.51. The standard InChI is InChI=1S/C16H20N2O5/c1-4-11-10(12(5-2)23-18-11)7-17-16(21)15-9(3)8-22-13(15)6-14(19)20/h8H,4-7H2,1-3H3,(H,17,21)(H,19,20). The molecule has 1 amide bonds. The number of amides is 1. The van der Waals surface area contributed by atoms with Crippen LogP contribution in [0.5, 0.6) is 0 Å². The summed E-state index contributed by atoms with van der Waals surface area (Å²) in [7, 11) is 0. The summed E-state index contributed by atoms with van der Waals surface area (Å²) in [4.78, 5) is 23.3. The quantitative estimate of drug-likeness (QED) is 0.810. The number of hydrogen-bond acceptors (Lipinski definition) is 5. The fourth-order valence-electron chi connectivity index (χ4n) is 2.47. The molecule has 2 heterocycles. The Morgan fingerprint density at radius 3 is 2.61 bits per heavy atom. The van der Waals surface area contributed by atoms with Gasteiger partial charge in [-0.3, -0.25) is 9.59 Å². The average Bonchev–Trinajstić information content (AvgIpc) is 3.07. The predicted octanol–water partition coefficient (Wildman–Crippen LogP) is 2.26. The first-order chi connectivity index (χ1) is 11.0. The molecule has 0 aliphatic rings. The molecular weight excluding hydrogens is 300 g/mol. The van der Waals surface area contributed by atoms with Gasteiger partial charge in [0.1, 0.15) is 17.9 Å². The molecule has 2 rings (SSSR count). The van der Waals surface area contributed by atoms with Crippen LogP contribution in [0.2, 0.25) is 0 Å². The maximum Gasteiger partial charge on any atom is 0.311 e. The van der Waals surface area contributed by atoms with Crippen molar-refractivity contribution in [2.45, 2.75) is 46.6 Å². The van der Waals surface area contributed by atoms with Crippen molar-refractivity contribution in [1.82, 2.24) is 10.5 Å². The summed E-state index contributed by atoms with van der Waals surface area (Å²) in [6.07, 6.45) is 2.46. The van der Waals surface area contributed by atoms with Crippen LogP contribution in [-0.2, 0) is 30.6 Å². The van der Waals surface area contributed by atoms with Gasteiger partial charge < -0.3 is 19.4 Å². The van der Waals surface area contributed by atoms with Gasteiger partial charge in [-0.2, -0.15) is 0 Å². The number of aryl methyl sites for hydroxylation is 3. The van der Waals surface area contributed by atoms with Gasteiger partial charge in [-0.15, -0.1) is 0 Å². The van der Waals surface area contributed by atoms with Crippen molar-refractivity contribution in [3.8, 4) is 0 Å². The highest BCUT2D eigenvalue weighted by Gasteiger charge is 2.21. The molecule has 2 aromatic heterocycles. The largest absolute Gasteiger partial charge is 0.481 e. The number of furan rings is 1. The number of nitrogens with one attached hydrogen (secondary N) is 1. The minimum Gasteiger partial charge on any atom is -0.481 e. The lowest BCUT2D eigenvalue weighted by atomic mass is 10.1. The van der Waals surface area contributed by atoms with E-state index in [1.165, 1.54) is 6.26 Å². The third-order valence-electron chi connectivity index (χ3n) is 3.62. The number of carboxylic acid groups (broad SMARTS) is 1. The van der Waals surface area contributed by atoms with E-state index in [2.05, 4.69) is 10.5 Å². The lowest BCUT2D eigenvalue weighted by molar-refractivity contribution is -0.136. The van der Waals surface area contributed by atoms with Crippen LogP contribution in [0.1, 0.15) is 52.5 Å². The summed E-state index contributed by atoms with van der Waals surface area (Å²) in [5.41, 5.74) is 2.58. The summed E-state index contributed by atoms with van der Waals surface area (Å²) < 4.78 is 10.4. The molecule has 7 heteroatoms. The first kappa shape index (κ1) is 16.8. The van der Waals surface area contributed by atoms with Gasteiger partial charge in [0, 0.05) is 24.1 Å². The number of carbonyl (C=O) groups excluding carboxylic acids is 1. The molecule has 0 unspecified atom stereocenters. The third kappa shape index (κ3) is 3.61. The van der Waals surface area contributed by atoms with E-state index in [1.807, 2.05) is 13.8 Å². The van der Waals surface area contributed by atoms with Crippen LogP contribution < -0.4 is 5.32 Å². The van der Waals surface area contributed by atoms with E-state index in [0.717, 1.165) is 17.0 Å². The molecular formula is C16H20N2O5. The predicted molar refractivity (Wildman–Crippen MR) is 81.2 cm³/mol. The first-order valence-corrected chi connectivity index (χ1v) is 7.51. The van der Waals surface area contributed by atoms with Gasteiger partial charge in [-0.1, -0.05) is 19.0 Å². The highest BCUT2D eigenvalue weighted by Crippen LogP contribution is 2.19. The van der Waals surface area contributed by atoms with Crippen LogP contribution in [0, 0.1) is 6.92 Å². The van der Waals surface area contributed by atoms with Crippen LogP contribution in [-0.4, -0.2) is 22.1 Å². The topological polar surface area (TPSA) is 106 Å². The number of aromatic nitrogens is 1. The molecule has 0 aromatic carbocycles. The van der Waals surface area contributed by atoms with Crippen molar-refractivity contribution in [1.29, 1.82) is 0 Å². The third-order valence-corrected chi connectivity index (χ3v) is 3.62. The number of nitrogens with zero attached hydrogens (tertiary/aromatic N) is 1. The molecule has 0 aliphatic carbocycles. The zero-order valence-electron chi connectivity index (χ0n) is 13.4. The molecule has 2 N–H and O–H groups in total. The normalized spacial score (nSPS) is 10.7. The average molecular weight is 320 g/mol. The van der Waals surface area contributed by atoms with Gasteiger partial charge in [-0.25, -0.2) is 0 Å². The molecule has 0 fully saturated rings. The van der Waals surface area contributed by atoms with Crippen molar-refractivity contribution in [3.63, 3.8) is 0 Å². The Labute approximate surface area is 133 Å². The van der Waals surface area contributed by atoms with Gasteiger partial charge >= 0.3 is 5.97 Å². The Bertz CT molecular complexity index is 693. The van der Waals surface area contributed by atoms with E-state index in [0.29, 0.717) is 18.4 Å². The maximum absolute atomic E-state index is 12.4. The van der Waals surface area contributed by atoms with Crippen molar-refractivity contribution < 1.29 is 23.6 Å². The summed E-state index contributed by atoms with van der Waals surface area (Å²) >= 11 is 0. The molecule has 0 saturated carbocycles. The molecule has 2 aromatic rings. The van der Waals surface area contributed by atoms with Crippen LogP contribution in [0.15, 0.2) is 15.2 Å². The Hall–Kier alpha value is -2.57. The van der Waals surface area contributed by atoms with Gasteiger partial charge in [0.25, 0.3) is 5.91 Å². The second-order valence-electron chi connectivity index (χ2n) is 5.21. The minimum atomic E-state index is -1.05.